The van der Waals surface area contributed by atoms with Crippen molar-refractivity contribution in [2.24, 2.45) is 0 Å². The molecule has 0 unspecified atom stereocenters. The molecule has 1 fully saturated rings. The van der Waals surface area contributed by atoms with Gasteiger partial charge in [0.15, 0.2) is 0 Å². The van der Waals surface area contributed by atoms with E-state index in [9.17, 15) is 18.0 Å². The maximum absolute atomic E-state index is 12.7. The molecular weight excluding hydrogens is 357 g/mol. The Morgan fingerprint density at radius 2 is 1.88 bits per heavy atom. The first-order valence-electron chi connectivity index (χ1n) is 8.29. The van der Waals surface area contributed by atoms with Crippen molar-refractivity contribution in [2.75, 3.05) is 31.1 Å². The van der Waals surface area contributed by atoms with Crippen LogP contribution >= 0.6 is 11.6 Å². The second kappa shape index (κ2) is 8.12. The summed E-state index contributed by atoms with van der Waals surface area (Å²) in [6, 6.07) is 0.923. The van der Waals surface area contributed by atoms with Crippen LogP contribution in [0.3, 0.4) is 0 Å². The molecule has 1 aromatic rings. The predicted octanol–water partition coefficient (Wildman–Crippen LogP) is 3.77. The summed E-state index contributed by atoms with van der Waals surface area (Å²) in [5.41, 5.74) is -0.871. The summed E-state index contributed by atoms with van der Waals surface area (Å²) in [6.45, 7) is 5.90. The minimum atomic E-state index is -4.47. The first kappa shape index (κ1) is 19.6. The van der Waals surface area contributed by atoms with Gasteiger partial charge in [-0.05, 0) is 18.9 Å². The highest BCUT2D eigenvalue weighted by atomic mass is 35.5. The summed E-state index contributed by atoms with van der Waals surface area (Å²) in [7, 11) is 0. The summed E-state index contributed by atoms with van der Waals surface area (Å²) >= 11 is 5.98. The van der Waals surface area contributed by atoms with Crippen molar-refractivity contribution in [2.45, 2.75) is 38.9 Å². The summed E-state index contributed by atoms with van der Waals surface area (Å²) in [6.07, 6.45) is -1.95. The van der Waals surface area contributed by atoms with E-state index in [2.05, 4.69) is 10.3 Å². The number of urea groups is 1. The van der Waals surface area contributed by atoms with E-state index in [1.54, 1.807) is 9.80 Å². The minimum absolute atomic E-state index is 0.0373. The van der Waals surface area contributed by atoms with Gasteiger partial charge >= 0.3 is 12.2 Å². The number of aromatic nitrogens is 1. The highest BCUT2D eigenvalue weighted by Crippen LogP contribution is 2.33. The van der Waals surface area contributed by atoms with Crippen molar-refractivity contribution in [1.82, 2.24) is 15.2 Å². The fourth-order valence-corrected chi connectivity index (χ4v) is 2.98. The van der Waals surface area contributed by atoms with E-state index in [1.807, 2.05) is 13.8 Å². The second-order valence-corrected chi connectivity index (χ2v) is 6.37. The Labute approximate surface area is 150 Å². The first-order chi connectivity index (χ1) is 11.8. The van der Waals surface area contributed by atoms with Gasteiger partial charge in [0.25, 0.3) is 0 Å². The number of rotatable bonds is 4. The normalized spacial score (nSPS) is 15.6. The number of hydrogen-bond donors (Lipinski definition) is 1. The van der Waals surface area contributed by atoms with Crippen molar-refractivity contribution in [3.8, 4) is 0 Å². The number of pyridine rings is 1. The minimum Gasteiger partial charge on any atom is -0.352 e. The van der Waals surface area contributed by atoms with Gasteiger partial charge in [0.05, 0.1) is 10.6 Å². The van der Waals surface area contributed by atoms with Crippen LogP contribution in [0.15, 0.2) is 12.3 Å². The molecule has 0 aliphatic carbocycles. The van der Waals surface area contributed by atoms with Crippen molar-refractivity contribution in [3.05, 3.63) is 22.8 Å². The van der Waals surface area contributed by atoms with Gasteiger partial charge in [-0.25, -0.2) is 9.78 Å². The second-order valence-electron chi connectivity index (χ2n) is 5.96. The van der Waals surface area contributed by atoms with Crippen molar-refractivity contribution in [3.63, 3.8) is 0 Å². The zero-order chi connectivity index (χ0) is 18.6. The number of nitrogens with one attached hydrogen (secondary N) is 1. The Morgan fingerprint density at radius 3 is 2.36 bits per heavy atom. The molecule has 1 aromatic heterocycles. The molecule has 5 nitrogen and oxygen atoms in total. The average Bonchev–Trinajstić information content (AvgIpc) is 2.58. The van der Waals surface area contributed by atoms with Gasteiger partial charge in [-0.15, -0.1) is 0 Å². The maximum atomic E-state index is 12.7. The molecule has 0 atom stereocenters. The average molecular weight is 379 g/mol. The van der Waals surface area contributed by atoms with Crippen LogP contribution < -0.4 is 10.2 Å². The summed E-state index contributed by atoms with van der Waals surface area (Å²) < 4.78 is 38.0. The number of amides is 2. The maximum Gasteiger partial charge on any atom is 0.417 e. The number of alkyl halides is 3. The van der Waals surface area contributed by atoms with Crippen LogP contribution in [-0.4, -0.2) is 48.1 Å². The van der Waals surface area contributed by atoms with Gasteiger partial charge in [0.2, 0.25) is 0 Å². The molecule has 2 rings (SSSR count). The molecule has 0 spiro atoms. The summed E-state index contributed by atoms with van der Waals surface area (Å²) in [5.74, 6) is 0.315. The van der Waals surface area contributed by atoms with E-state index >= 15 is 0 Å². The third kappa shape index (κ3) is 4.90. The number of halogens is 4. The van der Waals surface area contributed by atoms with Crippen molar-refractivity contribution in [1.29, 1.82) is 0 Å². The molecule has 140 valence electrons. The lowest BCUT2D eigenvalue weighted by atomic mass is 10.2. The lowest BCUT2D eigenvalue weighted by Gasteiger charge is -2.36. The first-order valence-corrected chi connectivity index (χ1v) is 8.67. The molecule has 0 aromatic carbocycles. The quantitative estimate of drug-likeness (QED) is 0.867. The molecule has 2 amide bonds. The van der Waals surface area contributed by atoms with Gasteiger partial charge in [0, 0.05) is 38.4 Å². The van der Waals surface area contributed by atoms with E-state index in [0.29, 0.717) is 32.0 Å². The van der Waals surface area contributed by atoms with E-state index < -0.39 is 11.7 Å². The van der Waals surface area contributed by atoms with Crippen LogP contribution in [0.5, 0.6) is 0 Å². The number of carbonyl (C=O) groups is 1. The van der Waals surface area contributed by atoms with Gasteiger partial charge in [-0.3, -0.25) is 0 Å². The Hall–Kier alpha value is -1.70. The SMILES string of the molecule is CCC(CC)NC(=O)N1CCN(c2ncc(C(F)(F)F)cc2Cl)CC1. The number of anilines is 1. The monoisotopic (exact) mass is 378 g/mol. The number of nitrogens with zero attached hydrogens (tertiary/aromatic N) is 3. The Balaban J connectivity index is 1.97. The van der Waals surface area contributed by atoms with Crippen molar-refractivity contribution < 1.29 is 18.0 Å². The predicted molar refractivity (Wildman–Crippen MR) is 90.9 cm³/mol. The smallest absolute Gasteiger partial charge is 0.352 e. The third-order valence-electron chi connectivity index (χ3n) is 4.33. The zero-order valence-electron chi connectivity index (χ0n) is 14.2. The third-order valence-corrected chi connectivity index (χ3v) is 4.61. The van der Waals surface area contributed by atoms with Crippen LogP contribution in [0.1, 0.15) is 32.3 Å². The van der Waals surface area contributed by atoms with E-state index in [0.717, 1.165) is 25.1 Å². The van der Waals surface area contributed by atoms with Gasteiger partial charge in [0.1, 0.15) is 5.82 Å². The molecule has 25 heavy (non-hydrogen) atoms. The van der Waals surface area contributed by atoms with Gasteiger partial charge < -0.3 is 15.1 Å². The molecule has 0 saturated carbocycles. The van der Waals surface area contributed by atoms with Crippen molar-refractivity contribution >= 4 is 23.4 Å². The van der Waals surface area contributed by atoms with Crippen LogP contribution in [0.4, 0.5) is 23.8 Å². The summed E-state index contributed by atoms with van der Waals surface area (Å²) in [5, 5.41) is 2.94. The van der Waals surface area contributed by atoms with Crippen LogP contribution in [0.25, 0.3) is 0 Å². The summed E-state index contributed by atoms with van der Waals surface area (Å²) in [4.78, 5) is 19.6. The number of piperazine rings is 1. The molecule has 0 radical (unpaired) electrons. The molecule has 1 N–H and O–H groups in total. The van der Waals surface area contributed by atoms with Crippen LogP contribution in [0.2, 0.25) is 5.02 Å². The standard InChI is InChI=1S/C16H22ClF3N4O/c1-3-12(4-2)22-15(25)24-7-5-23(6-8-24)14-13(17)9-11(10-21-14)16(18,19)20/h9-10,12H,3-8H2,1-2H3,(H,22,25). The highest BCUT2D eigenvalue weighted by Gasteiger charge is 2.32. The lowest BCUT2D eigenvalue weighted by Crippen LogP contribution is -2.53. The topological polar surface area (TPSA) is 48.5 Å². The van der Waals surface area contributed by atoms with Crippen LogP contribution in [0, 0.1) is 0 Å². The molecule has 0 bridgehead atoms. The molecular formula is C16H22ClF3N4O. The highest BCUT2D eigenvalue weighted by molar-refractivity contribution is 6.33. The Kier molecular flexibility index (Phi) is 6.37. The van der Waals surface area contributed by atoms with Gasteiger partial charge in [-0.1, -0.05) is 25.4 Å². The molecule has 2 heterocycles. The van der Waals surface area contributed by atoms with E-state index in [1.165, 1.54) is 0 Å². The number of hydrogen-bond acceptors (Lipinski definition) is 3. The van der Waals surface area contributed by atoms with Crippen LogP contribution in [-0.2, 0) is 6.18 Å². The van der Waals surface area contributed by atoms with E-state index in [4.69, 9.17) is 11.6 Å². The Morgan fingerprint density at radius 1 is 1.28 bits per heavy atom. The fraction of sp³-hybridized carbons (Fsp3) is 0.625. The zero-order valence-corrected chi connectivity index (χ0v) is 15.0. The number of carbonyl (C=O) groups excluding carboxylic acids is 1. The fourth-order valence-electron chi connectivity index (χ4n) is 2.70. The molecule has 1 aliphatic heterocycles. The largest absolute Gasteiger partial charge is 0.417 e. The Bertz CT molecular complexity index is 600. The molecule has 9 heteroatoms. The van der Waals surface area contributed by atoms with E-state index in [-0.39, 0.29) is 17.1 Å². The molecule has 1 aliphatic rings. The lowest BCUT2D eigenvalue weighted by molar-refractivity contribution is -0.137. The van der Waals surface area contributed by atoms with Gasteiger partial charge in [-0.2, -0.15) is 13.2 Å². The molecule has 1 saturated heterocycles.